The second-order valence-corrected chi connectivity index (χ2v) is 5.62. The Bertz CT molecular complexity index is 932. The van der Waals surface area contributed by atoms with Crippen LogP contribution in [0, 0.1) is 21.4 Å². The number of carbonyl (C=O) groups excluding carboxylic acids is 1. The molecule has 0 aromatic heterocycles. The van der Waals surface area contributed by atoms with Crippen LogP contribution in [0.1, 0.15) is 24.1 Å². The van der Waals surface area contributed by atoms with E-state index in [4.69, 9.17) is 4.74 Å². The first-order chi connectivity index (χ1) is 12.9. The van der Waals surface area contributed by atoms with Crippen LogP contribution in [0.2, 0.25) is 0 Å². The van der Waals surface area contributed by atoms with Gasteiger partial charge >= 0.3 is 5.69 Å². The van der Waals surface area contributed by atoms with Crippen molar-refractivity contribution in [3.8, 4) is 17.6 Å². The lowest BCUT2D eigenvalue weighted by Gasteiger charge is -2.13. The van der Waals surface area contributed by atoms with E-state index in [2.05, 4.69) is 5.32 Å². The Morgan fingerprint density at radius 3 is 2.59 bits per heavy atom. The summed E-state index contributed by atoms with van der Waals surface area (Å²) in [5.41, 5.74) is 0.219. The minimum Gasteiger partial charge on any atom is -0.500 e. The molecule has 1 amide bonds. The molecule has 0 aliphatic rings. The van der Waals surface area contributed by atoms with Gasteiger partial charge in [0.05, 0.1) is 18.1 Å². The number of nitro benzene ring substituents is 1. The summed E-state index contributed by atoms with van der Waals surface area (Å²) in [6.45, 7) is 1.77. The van der Waals surface area contributed by atoms with Crippen LogP contribution >= 0.6 is 0 Å². The largest absolute Gasteiger partial charge is 0.500 e. The van der Waals surface area contributed by atoms with E-state index in [1.807, 2.05) is 30.3 Å². The average Bonchev–Trinajstić information content (AvgIpc) is 2.67. The molecule has 0 heterocycles. The van der Waals surface area contributed by atoms with Crippen molar-refractivity contribution in [2.75, 3.05) is 7.11 Å². The number of nitrogens with zero attached hydrogens (tertiary/aromatic N) is 2. The van der Waals surface area contributed by atoms with E-state index in [0.29, 0.717) is 0 Å². The molecule has 0 aliphatic carbocycles. The van der Waals surface area contributed by atoms with Gasteiger partial charge in [-0.2, -0.15) is 5.26 Å². The SMILES string of the molecule is COc1cc(/C=C(\C#N)C(=O)N[C@@H](C)c2ccccc2)cc([N+](=O)[O-])c1O. The molecule has 1 atom stereocenters. The first kappa shape index (κ1) is 19.5. The minimum absolute atomic E-state index is 0.134. The molecule has 2 rings (SSSR count). The number of amides is 1. The highest BCUT2D eigenvalue weighted by Gasteiger charge is 2.20. The second-order valence-electron chi connectivity index (χ2n) is 5.62. The fourth-order valence-electron chi connectivity index (χ4n) is 2.41. The van der Waals surface area contributed by atoms with E-state index in [9.17, 15) is 25.3 Å². The van der Waals surface area contributed by atoms with Crippen molar-refractivity contribution in [2.45, 2.75) is 13.0 Å². The topological polar surface area (TPSA) is 125 Å². The van der Waals surface area contributed by atoms with Crippen molar-refractivity contribution in [1.29, 1.82) is 5.26 Å². The molecule has 2 aromatic rings. The summed E-state index contributed by atoms with van der Waals surface area (Å²) in [7, 11) is 1.24. The number of phenols is 1. The van der Waals surface area contributed by atoms with Gasteiger partial charge in [-0.3, -0.25) is 14.9 Å². The summed E-state index contributed by atoms with van der Waals surface area (Å²) in [5.74, 6) is -1.38. The highest BCUT2D eigenvalue weighted by molar-refractivity contribution is 6.02. The van der Waals surface area contributed by atoms with Gasteiger partial charge in [-0.1, -0.05) is 30.3 Å². The lowest BCUT2D eigenvalue weighted by Crippen LogP contribution is -2.27. The third-order valence-corrected chi connectivity index (χ3v) is 3.82. The Morgan fingerprint density at radius 2 is 2.04 bits per heavy atom. The number of rotatable bonds is 6. The summed E-state index contributed by atoms with van der Waals surface area (Å²) < 4.78 is 4.91. The number of carbonyl (C=O) groups is 1. The quantitative estimate of drug-likeness (QED) is 0.350. The standard InChI is InChI=1S/C19H17N3O5/c1-12(14-6-4-3-5-7-14)21-19(24)15(11-20)8-13-9-16(22(25)26)18(23)17(10-13)27-2/h3-10,12,23H,1-2H3,(H,21,24)/b15-8+/t12-/m0/s1. The summed E-state index contributed by atoms with van der Waals surface area (Å²) in [6.07, 6.45) is 1.20. The Labute approximate surface area is 155 Å². The van der Waals surface area contributed by atoms with E-state index in [1.54, 1.807) is 13.0 Å². The molecule has 2 N–H and O–H groups in total. The van der Waals surface area contributed by atoms with Crippen LogP contribution in [0.25, 0.3) is 6.08 Å². The number of hydrogen-bond donors (Lipinski definition) is 2. The van der Waals surface area contributed by atoms with Crippen LogP contribution in [0.15, 0.2) is 48.0 Å². The van der Waals surface area contributed by atoms with Gasteiger partial charge in [0, 0.05) is 6.07 Å². The molecule has 138 valence electrons. The van der Waals surface area contributed by atoms with Gasteiger partial charge in [-0.05, 0) is 30.2 Å². The monoisotopic (exact) mass is 367 g/mol. The molecule has 27 heavy (non-hydrogen) atoms. The highest BCUT2D eigenvalue weighted by atomic mass is 16.6. The van der Waals surface area contributed by atoms with Crippen molar-refractivity contribution in [1.82, 2.24) is 5.32 Å². The van der Waals surface area contributed by atoms with E-state index < -0.39 is 22.3 Å². The molecule has 0 saturated carbocycles. The van der Waals surface area contributed by atoms with Crippen LogP contribution in [-0.2, 0) is 4.79 Å². The normalized spacial score (nSPS) is 12.0. The lowest BCUT2D eigenvalue weighted by atomic mass is 10.1. The van der Waals surface area contributed by atoms with Gasteiger partial charge < -0.3 is 15.2 Å². The van der Waals surface area contributed by atoms with E-state index in [1.165, 1.54) is 19.3 Å². The molecule has 0 saturated heterocycles. The number of nitriles is 1. The van der Waals surface area contributed by atoms with Gasteiger partial charge in [0.25, 0.3) is 5.91 Å². The maximum atomic E-state index is 12.4. The van der Waals surface area contributed by atoms with E-state index in [0.717, 1.165) is 11.6 Å². The molecule has 0 bridgehead atoms. The zero-order chi connectivity index (χ0) is 20.0. The number of hydrogen-bond acceptors (Lipinski definition) is 6. The molecule has 8 nitrogen and oxygen atoms in total. The molecule has 8 heteroatoms. The zero-order valence-corrected chi connectivity index (χ0v) is 14.7. The van der Waals surface area contributed by atoms with Gasteiger partial charge in [0.15, 0.2) is 5.75 Å². The Morgan fingerprint density at radius 1 is 1.37 bits per heavy atom. The average molecular weight is 367 g/mol. The molecule has 0 radical (unpaired) electrons. The number of ether oxygens (including phenoxy) is 1. The molecular formula is C19H17N3O5. The van der Waals surface area contributed by atoms with Crippen LogP contribution in [-0.4, -0.2) is 23.0 Å². The van der Waals surface area contributed by atoms with Gasteiger partial charge in [-0.25, -0.2) is 0 Å². The fraction of sp³-hybridized carbons (Fsp3) is 0.158. The van der Waals surface area contributed by atoms with E-state index in [-0.39, 0.29) is 22.9 Å². The predicted molar refractivity (Wildman–Crippen MR) is 97.9 cm³/mol. The van der Waals surface area contributed by atoms with Gasteiger partial charge in [0.1, 0.15) is 11.6 Å². The third-order valence-electron chi connectivity index (χ3n) is 3.82. The third kappa shape index (κ3) is 4.61. The molecular weight excluding hydrogens is 350 g/mol. The van der Waals surface area contributed by atoms with Gasteiger partial charge in [-0.15, -0.1) is 0 Å². The second kappa shape index (κ2) is 8.49. The summed E-state index contributed by atoms with van der Waals surface area (Å²) in [4.78, 5) is 22.7. The van der Waals surface area contributed by atoms with Gasteiger partial charge in [0.2, 0.25) is 5.75 Å². The number of phenolic OH excluding ortho intramolecular Hbond substituents is 1. The smallest absolute Gasteiger partial charge is 0.315 e. The number of nitro groups is 1. The number of methoxy groups -OCH3 is 1. The highest BCUT2D eigenvalue weighted by Crippen LogP contribution is 2.37. The van der Waals surface area contributed by atoms with Crippen molar-refractivity contribution >= 4 is 17.7 Å². The van der Waals surface area contributed by atoms with Crippen LogP contribution < -0.4 is 10.1 Å². The first-order valence-electron chi connectivity index (χ1n) is 7.90. The minimum atomic E-state index is -0.779. The number of nitrogens with one attached hydrogen (secondary N) is 1. The lowest BCUT2D eigenvalue weighted by molar-refractivity contribution is -0.386. The number of benzene rings is 2. The van der Waals surface area contributed by atoms with Crippen LogP contribution in [0.5, 0.6) is 11.5 Å². The summed E-state index contributed by atoms with van der Waals surface area (Å²) >= 11 is 0. The summed E-state index contributed by atoms with van der Waals surface area (Å²) in [6, 6.07) is 13.0. The zero-order valence-electron chi connectivity index (χ0n) is 14.7. The van der Waals surface area contributed by atoms with Crippen LogP contribution in [0.3, 0.4) is 0 Å². The van der Waals surface area contributed by atoms with Crippen molar-refractivity contribution in [2.24, 2.45) is 0 Å². The molecule has 0 aliphatic heterocycles. The molecule has 0 fully saturated rings. The Kier molecular flexibility index (Phi) is 6.12. The fourth-order valence-corrected chi connectivity index (χ4v) is 2.41. The van der Waals surface area contributed by atoms with Crippen LogP contribution in [0.4, 0.5) is 5.69 Å². The molecule has 0 spiro atoms. The number of aromatic hydroxyl groups is 1. The Balaban J connectivity index is 2.32. The predicted octanol–water partition coefficient (Wildman–Crippen LogP) is 3.09. The van der Waals surface area contributed by atoms with Crippen molar-refractivity contribution in [3.63, 3.8) is 0 Å². The molecule has 2 aromatic carbocycles. The Hall–Kier alpha value is -3.86. The first-order valence-corrected chi connectivity index (χ1v) is 7.90. The van der Waals surface area contributed by atoms with E-state index >= 15 is 0 Å². The van der Waals surface area contributed by atoms with Crippen molar-refractivity contribution < 1.29 is 19.6 Å². The molecule has 0 unspecified atom stereocenters. The maximum absolute atomic E-state index is 12.4. The maximum Gasteiger partial charge on any atom is 0.315 e. The summed E-state index contributed by atoms with van der Waals surface area (Å²) in [5, 5.41) is 32.9. The van der Waals surface area contributed by atoms with Crippen molar-refractivity contribution in [3.05, 3.63) is 69.3 Å².